The largest absolute Gasteiger partial charge is 0.494 e. The van der Waals surface area contributed by atoms with E-state index < -0.39 is 5.82 Å². The van der Waals surface area contributed by atoms with Gasteiger partial charge in [-0.25, -0.2) is 14.4 Å². The molecule has 3 rings (SSSR count). The van der Waals surface area contributed by atoms with Gasteiger partial charge in [-0.05, 0) is 38.2 Å². The third-order valence-corrected chi connectivity index (χ3v) is 4.35. The molecule has 0 unspecified atom stereocenters. The highest BCUT2D eigenvalue weighted by atomic mass is 19.1. The van der Waals surface area contributed by atoms with E-state index >= 15 is 0 Å². The van der Waals surface area contributed by atoms with Gasteiger partial charge < -0.3 is 14.8 Å². The number of benzene rings is 1. The molecular formula is C17H22FN3O2. The van der Waals surface area contributed by atoms with E-state index in [1.807, 2.05) is 6.92 Å². The van der Waals surface area contributed by atoms with Crippen LogP contribution in [0.25, 0.3) is 10.9 Å². The van der Waals surface area contributed by atoms with Crippen molar-refractivity contribution >= 4 is 16.7 Å². The Morgan fingerprint density at radius 3 is 2.87 bits per heavy atom. The smallest absolute Gasteiger partial charge is 0.167 e. The molecule has 0 aliphatic heterocycles. The minimum Gasteiger partial charge on any atom is -0.494 e. The summed E-state index contributed by atoms with van der Waals surface area (Å²) < 4.78 is 24.4. The lowest BCUT2D eigenvalue weighted by Crippen LogP contribution is -2.32. The molecule has 1 aliphatic rings. The van der Waals surface area contributed by atoms with Crippen LogP contribution in [0.4, 0.5) is 10.2 Å². The van der Waals surface area contributed by atoms with Gasteiger partial charge in [-0.2, -0.15) is 0 Å². The van der Waals surface area contributed by atoms with E-state index in [0.717, 1.165) is 37.8 Å². The molecule has 0 bridgehead atoms. The summed E-state index contributed by atoms with van der Waals surface area (Å²) in [7, 11) is 1.45. The Morgan fingerprint density at radius 1 is 1.30 bits per heavy atom. The highest BCUT2D eigenvalue weighted by Gasteiger charge is 2.28. The number of fused-ring (bicyclic) bond motifs is 1. The Balaban J connectivity index is 1.62. The molecule has 1 heterocycles. The van der Waals surface area contributed by atoms with E-state index in [-0.39, 0.29) is 5.75 Å². The van der Waals surface area contributed by atoms with Gasteiger partial charge in [0.05, 0.1) is 18.7 Å². The third kappa shape index (κ3) is 3.52. The first kappa shape index (κ1) is 15.9. The van der Waals surface area contributed by atoms with Gasteiger partial charge in [0.15, 0.2) is 11.6 Å². The van der Waals surface area contributed by atoms with E-state index in [1.165, 1.54) is 19.5 Å². The van der Waals surface area contributed by atoms with Gasteiger partial charge in [0.1, 0.15) is 12.1 Å². The van der Waals surface area contributed by atoms with Crippen LogP contribution in [0.5, 0.6) is 5.75 Å². The highest BCUT2D eigenvalue weighted by molar-refractivity contribution is 5.90. The predicted molar refractivity (Wildman–Crippen MR) is 87.3 cm³/mol. The fourth-order valence-electron chi connectivity index (χ4n) is 3.03. The van der Waals surface area contributed by atoms with E-state index in [1.54, 1.807) is 6.07 Å². The summed E-state index contributed by atoms with van der Waals surface area (Å²) in [5, 5.41) is 4.10. The van der Waals surface area contributed by atoms with Crippen molar-refractivity contribution in [3.8, 4) is 5.75 Å². The lowest BCUT2D eigenvalue weighted by atomic mass is 9.80. The predicted octanol–water partition coefficient (Wildman–Crippen LogP) is 3.39. The van der Waals surface area contributed by atoms with Crippen LogP contribution >= 0.6 is 0 Å². The van der Waals surface area contributed by atoms with E-state index in [0.29, 0.717) is 23.4 Å². The Morgan fingerprint density at radius 2 is 2.13 bits per heavy atom. The Hall–Kier alpha value is -1.95. The molecule has 6 heteroatoms. The summed E-state index contributed by atoms with van der Waals surface area (Å²) in [5.74, 6) is 1.21. The van der Waals surface area contributed by atoms with Crippen LogP contribution in [0.2, 0.25) is 0 Å². The van der Waals surface area contributed by atoms with Crippen LogP contribution in [0.1, 0.15) is 26.2 Å². The number of hydrogen-bond acceptors (Lipinski definition) is 5. The number of nitrogens with one attached hydrogen (secondary N) is 1. The summed E-state index contributed by atoms with van der Waals surface area (Å²) in [6.45, 7) is 3.66. The zero-order chi connectivity index (χ0) is 16.2. The fourth-order valence-corrected chi connectivity index (χ4v) is 3.03. The Labute approximate surface area is 135 Å². The summed E-state index contributed by atoms with van der Waals surface area (Å²) in [5.41, 5.74) is 0.570. The molecule has 1 N–H and O–H groups in total. The molecule has 1 aromatic heterocycles. The quantitative estimate of drug-likeness (QED) is 0.848. The van der Waals surface area contributed by atoms with Crippen LogP contribution in [0.3, 0.4) is 0 Å². The average Bonchev–Trinajstić information content (AvgIpc) is 2.51. The van der Waals surface area contributed by atoms with Crippen LogP contribution in [0.15, 0.2) is 18.5 Å². The highest BCUT2D eigenvalue weighted by Crippen LogP contribution is 2.33. The van der Waals surface area contributed by atoms with Crippen molar-refractivity contribution in [2.45, 2.75) is 32.3 Å². The number of anilines is 1. The van der Waals surface area contributed by atoms with Gasteiger partial charge in [0.25, 0.3) is 0 Å². The van der Waals surface area contributed by atoms with Gasteiger partial charge in [0, 0.05) is 24.6 Å². The summed E-state index contributed by atoms with van der Waals surface area (Å²) in [6.07, 6.45) is 5.24. The zero-order valence-electron chi connectivity index (χ0n) is 13.5. The summed E-state index contributed by atoms with van der Waals surface area (Å²) in [4.78, 5) is 8.39. The van der Waals surface area contributed by atoms with Crippen molar-refractivity contribution in [3.63, 3.8) is 0 Å². The van der Waals surface area contributed by atoms with Crippen LogP contribution in [0, 0.1) is 11.7 Å². The number of rotatable bonds is 7. The van der Waals surface area contributed by atoms with Crippen molar-refractivity contribution in [2.24, 2.45) is 5.92 Å². The van der Waals surface area contributed by atoms with Crippen molar-refractivity contribution in [3.05, 3.63) is 24.3 Å². The number of nitrogens with zero attached hydrogens (tertiary/aromatic N) is 2. The molecular weight excluding hydrogens is 297 g/mol. The molecule has 1 fully saturated rings. The van der Waals surface area contributed by atoms with Crippen LogP contribution in [-0.4, -0.2) is 36.3 Å². The topological polar surface area (TPSA) is 56.3 Å². The normalized spacial score (nSPS) is 20.3. The number of ether oxygens (including phenoxy) is 2. The summed E-state index contributed by atoms with van der Waals surface area (Å²) >= 11 is 0. The third-order valence-electron chi connectivity index (χ3n) is 4.35. The molecule has 2 aromatic rings. The molecule has 23 heavy (non-hydrogen) atoms. The minimum atomic E-state index is -0.416. The molecule has 0 atom stereocenters. The molecule has 0 saturated heterocycles. The Bertz CT molecular complexity index is 674. The van der Waals surface area contributed by atoms with Gasteiger partial charge in [-0.1, -0.05) is 0 Å². The Kier molecular flexibility index (Phi) is 4.91. The molecule has 1 aromatic carbocycles. The lowest BCUT2D eigenvalue weighted by molar-refractivity contribution is -0.0255. The zero-order valence-corrected chi connectivity index (χ0v) is 13.5. The van der Waals surface area contributed by atoms with Gasteiger partial charge in [-0.15, -0.1) is 0 Å². The summed E-state index contributed by atoms with van der Waals surface area (Å²) in [6, 6.07) is 3.01. The maximum Gasteiger partial charge on any atom is 0.167 e. The molecule has 0 amide bonds. The maximum atomic E-state index is 13.7. The molecule has 0 radical (unpaired) electrons. The van der Waals surface area contributed by atoms with Crippen LogP contribution < -0.4 is 10.1 Å². The van der Waals surface area contributed by atoms with E-state index in [4.69, 9.17) is 9.47 Å². The molecule has 5 nitrogen and oxygen atoms in total. The lowest BCUT2D eigenvalue weighted by Gasteiger charge is -2.35. The van der Waals surface area contributed by atoms with Gasteiger partial charge in [0.2, 0.25) is 0 Å². The standard InChI is InChI=1S/C17H22FN3O2/c1-3-23-12-6-11(7-12)4-5-19-17-13-8-16(22-2)14(18)9-15(13)20-10-21-17/h8-12H,3-7H2,1-2H3,(H,19,20,21). The van der Waals surface area contributed by atoms with Gasteiger partial charge >= 0.3 is 0 Å². The maximum absolute atomic E-state index is 13.7. The van der Waals surface area contributed by atoms with E-state index in [9.17, 15) is 4.39 Å². The first-order chi connectivity index (χ1) is 11.2. The monoisotopic (exact) mass is 319 g/mol. The van der Waals surface area contributed by atoms with Crippen LogP contribution in [-0.2, 0) is 4.74 Å². The van der Waals surface area contributed by atoms with Crippen molar-refractivity contribution in [2.75, 3.05) is 25.6 Å². The second-order valence-electron chi connectivity index (χ2n) is 5.86. The average molecular weight is 319 g/mol. The first-order valence-corrected chi connectivity index (χ1v) is 8.05. The molecule has 0 spiro atoms. The SMILES string of the molecule is CCOC1CC(CCNc2ncnc3cc(F)c(OC)cc23)C1. The van der Waals surface area contributed by atoms with Crippen molar-refractivity contribution < 1.29 is 13.9 Å². The number of hydrogen-bond donors (Lipinski definition) is 1. The van der Waals surface area contributed by atoms with Crippen molar-refractivity contribution in [1.82, 2.24) is 9.97 Å². The van der Waals surface area contributed by atoms with Gasteiger partial charge in [-0.3, -0.25) is 0 Å². The molecule has 124 valence electrons. The molecule has 1 aliphatic carbocycles. The number of halogens is 1. The number of aromatic nitrogens is 2. The fraction of sp³-hybridized carbons (Fsp3) is 0.529. The second-order valence-corrected chi connectivity index (χ2v) is 5.86. The minimum absolute atomic E-state index is 0.203. The van der Waals surface area contributed by atoms with E-state index in [2.05, 4.69) is 15.3 Å². The molecule has 1 saturated carbocycles. The second kappa shape index (κ2) is 7.08. The van der Waals surface area contributed by atoms with Crippen molar-refractivity contribution in [1.29, 1.82) is 0 Å². The number of methoxy groups -OCH3 is 1. The first-order valence-electron chi connectivity index (χ1n) is 8.05.